The Morgan fingerprint density at radius 1 is 1.36 bits per heavy atom. The predicted molar refractivity (Wildman–Crippen MR) is 55.9 cm³/mol. The molecule has 0 saturated heterocycles. The van der Waals surface area contributed by atoms with Gasteiger partial charge in [0.05, 0.1) is 23.8 Å². The van der Waals surface area contributed by atoms with Crippen molar-refractivity contribution < 1.29 is 5.11 Å². The van der Waals surface area contributed by atoms with Crippen molar-refractivity contribution >= 4 is 5.69 Å². The number of hydrogen-bond donors (Lipinski definition) is 2. The van der Waals surface area contributed by atoms with Crippen LogP contribution in [0.2, 0.25) is 0 Å². The topological polar surface area (TPSA) is 56.0 Å². The molecule has 3 nitrogen and oxygen atoms in total. The zero-order valence-corrected chi connectivity index (χ0v) is 8.41. The van der Waals surface area contributed by atoms with E-state index in [2.05, 4.69) is 11.4 Å². The van der Waals surface area contributed by atoms with Gasteiger partial charge in [0.25, 0.3) is 0 Å². The summed E-state index contributed by atoms with van der Waals surface area (Å²) in [6, 6.07) is 9.20. The fraction of sp³-hybridized carbons (Fsp3) is 0.364. The van der Waals surface area contributed by atoms with E-state index in [1.807, 2.05) is 26.0 Å². The van der Waals surface area contributed by atoms with Crippen LogP contribution in [-0.2, 0) is 0 Å². The second kappa shape index (κ2) is 4.12. The third-order valence-electron chi connectivity index (χ3n) is 1.89. The molecule has 1 rings (SSSR count). The van der Waals surface area contributed by atoms with E-state index in [0.29, 0.717) is 5.56 Å². The van der Waals surface area contributed by atoms with Gasteiger partial charge in [-0.15, -0.1) is 0 Å². The predicted octanol–water partition coefficient (Wildman–Crippen LogP) is 1.74. The first-order valence-corrected chi connectivity index (χ1v) is 4.46. The van der Waals surface area contributed by atoms with E-state index in [4.69, 9.17) is 10.4 Å². The zero-order chi connectivity index (χ0) is 10.6. The number of aliphatic hydroxyl groups excluding tert-OH is 1. The molecule has 1 aromatic rings. The molecule has 74 valence electrons. The van der Waals surface area contributed by atoms with Crippen LogP contribution in [-0.4, -0.2) is 17.3 Å². The van der Waals surface area contributed by atoms with Gasteiger partial charge in [0.1, 0.15) is 0 Å². The summed E-state index contributed by atoms with van der Waals surface area (Å²) in [4.78, 5) is 0. The van der Waals surface area contributed by atoms with Crippen LogP contribution in [0, 0.1) is 11.3 Å². The van der Waals surface area contributed by atoms with E-state index in [0.717, 1.165) is 5.69 Å². The molecular weight excluding hydrogens is 176 g/mol. The van der Waals surface area contributed by atoms with Crippen LogP contribution < -0.4 is 5.32 Å². The van der Waals surface area contributed by atoms with Crippen molar-refractivity contribution in [2.75, 3.05) is 11.9 Å². The normalized spacial score (nSPS) is 10.7. The van der Waals surface area contributed by atoms with Crippen LogP contribution in [0.3, 0.4) is 0 Å². The van der Waals surface area contributed by atoms with Gasteiger partial charge < -0.3 is 10.4 Å². The monoisotopic (exact) mass is 190 g/mol. The van der Waals surface area contributed by atoms with Gasteiger partial charge in [-0.2, -0.15) is 5.26 Å². The molecule has 0 amide bonds. The number of benzene rings is 1. The third-order valence-corrected chi connectivity index (χ3v) is 1.89. The summed E-state index contributed by atoms with van der Waals surface area (Å²) in [5, 5.41) is 20.8. The molecule has 0 bridgehead atoms. The molecule has 0 heterocycles. The Morgan fingerprint density at radius 3 is 2.36 bits per heavy atom. The molecule has 0 saturated carbocycles. The Morgan fingerprint density at radius 2 is 1.93 bits per heavy atom. The van der Waals surface area contributed by atoms with Crippen LogP contribution in [0.4, 0.5) is 5.69 Å². The summed E-state index contributed by atoms with van der Waals surface area (Å²) in [6.45, 7) is 3.88. The van der Waals surface area contributed by atoms with Crippen molar-refractivity contribution in [2.45, 2.75) is 19.4 Å². The fourth-order valence-electron chi connectivity index (χ4n) is 1.06. The van der Waals surface area contributed by atoms with E-state index >= 15 is 0 Å². The minimum absolute atomic E-state index is 0.0625. The molecular formula is C11H14N2O. The van der Waals surface area contributed by atoms with Crippen LogP contribution >= 0.6 is 0 Å². The maximum Gasteiger partial charge on any atom is 0.0991 e. The SMILES string of the molecule is CC(C)(CO)Nc1ccc(C#N)cc1. The maximum absolute atomic E-state index is 9.04. The van der Waals surface area contributed by atoms with Crippen molar-refractivity contribution in [3.8, 4) is 6.07 Å². The Labute approximate surface area is 84.0 Å². The van der Waals surface area contributed by atoms with E-state index in [1.165, 1.54) is 0 Å². The Kier molecular flexibility index (Phi) is 3.10. The quantitative estimate of drug-likeness (QED) is 0.763. The average Bonchev–Trinajstić information content (AvgIpc) is 2.19. The minimum Gasteiger partial charge on any atom is -0.394 e. The lowest BCUT2D eigenvalue weighted by Crippen LogP contribution is -2.34. The van der Waals surface area contributed by atoms with E-state index in [1.54, 1.807) is 12.1 Å². The molecule has 2 N–H and O–H groups in total. The summed E-state index contributed by atoms with van der Waals surface area (Å²) in [6.07, 6.45) is 0. The molecule has 0 spiro atoms. The zero-order valence-electron chi connectivity index (χ0n) is 8.41. The maximum atomic E-state index is 9.04. The lowest BCUT2D eigenvalue weighted by atomic mass is 10.1. The van der Waals surface area contributed by atoms with Crippen molar-refractivity contribution in [1.29, 1.82) is 5.26 Å². The third kappa shape index (κ3) is 2.75. The van der Waals surface area contributed by atoms with Gasteiger partial charge in [-0.1, -0.05) is 0 Å². The van der Waals surface area contributed by atoms with Crippen LogP contribution in [0.15, 0.2) is 24.3 Å². The van der Waals surface area contributed by atoms with Crippen LogP contribution in [0.5, 0.6) is 0 Å². The number of anilines is 1. The van der Waals surface area contributed by atoms with Gasteiger partial charge in [-0.05, 0) is 38.1 Å². The first kappa shape index (κ1) is 10.6. The standard InChI is InChI=1S/C11H14N2O/c1-11(2,8-14)13-10-5-3-9(7-12)4-6-10/h3-6,13-14H,8H2,1-2H3. The van der Waals surface area contributed by atoms with Gasteiger partial charge in [0, 0.05) is 5.69 Å². The number of aliphatic hydroxyl groups is 1. The summed E-state index contributed by atoms with van der Waals surface area (Å²) in [7, 11) is 0. The van der Waals surface area contributed by atoms with Crippen molar-refractivity contribution in [1.82, 2.24) is 0 Å². The number of nitrogens with one attached hydrogen (secondary N) is 1. The summed E-state index contributed by atoms with van der Waals surface area (Å²) in [5.74, 6) is 0. The highest BCUT2D eigenvalue weighted by molar-refractivity contribution is 5.48. The summed E-state index contributed by atoms with van der Waals surface area (Å²) >= 11 is 0. The lowest BCUT2D eigenvalue weighted by molar-refractivity contribution is 0.234. The number of nitriles is 1. The molecule has 0 radical (unpaired) electrons. The van der Waals surface area contributed by atoms with Gasteiger partial charge in [0.15, 0.2) is 0 Å². The minimum atomic E-state index is -0.339. The molecule has 0 aliphatic rings. The molecule has 3 heteroatoms. The Hall–Kier alpha value is -1.53. The van der Waals surface area contributed by atoms with Gasteiger partial charge in [-0.3, -0.25) is 0 Å². The molecule has 0 unspecified atom stereocenters. The molecule has 0 aromatic heterocycles. The molecule has 0 aliphatic heterocycles. The first-order chi connectivity index (χ1) is 6.57. The van der Waals surface area contributed by atoms with E-state index in [-0.39, 0.29) is 12.1 Å². The second-order valence-electron chi connectivity index (χ2n) is 3.86. The highest BCUT2D eigenvalue weighted by Crippen LogP contribution is 2.14. The molecule has 0 aliphatic carbocycles. The molecule has 0 fully saturated rings. The summed E-state index contributed by atoms with van der Waals surface area (Å²) in [5.41, 5.74) is 1.20. The smallest absolute Gasteiger partial charge is 0.0991 e. The number of nitrogens with zero attached hydrogens (tertiary/aromatic N) is 1. The van der Waals surface area contributed by atoms with Gasteiger partial charge in [0.2, 0.25) is 0 Å². The fourth-order valence-corrected chi connectivity index (χ4v) is 1.06. The van der Waals surface area contributed by atoms with Crippen LogP contribution in [0.1, 0.15) is 19.4 Å². The van der Waals surface area contributed by atoms with Crippen molar-refractivity contribution in [2.24, 2.45) is 0 Å². The number of hydrogen-bond acceptors (Lipinski definition) is 3. The second-order valence-corrected chi connectivity index (χ2v) is 3.86. The Bertz CT molecular complexity index is 335. The van der Waals surface area contributed by atoms with Crippen molar-refractivity contribution in [3.05, 3.63) is 29.8 Å². The number of rotatable bonds is 3. The molecule has 14 heavy (non-hydrogen) atoms. The summed E-state index contributed by atoms with van der Waals surface area (Å²) < 4.78 is 0. The Balaban J connectivity index is 2.75. The molecule has 1 aromatic carbocycles. The van der Waals surface area contributed by atoms with E-state index in [9.17, 15) is 0 Å². The first-order valence-electron chi connectivity index (χ1n) is 4.46. The van der Waals surface area contributed by atoms with E-state index < -0.39 is 0 Å². The van der Waals surface area contributed by atoms with Gasteiger partial charge >= 0.3 is 0 Å². The lowest BCUT2D eigenvalue weighted by Gasteiger charge is -2.24. The van der Waals surface area contributed by atoms with Crippen molar-refractivity contribution in [3.63, 3.8) is 0 Å². The molecule has 0 atom stereocenters. The highest BCUT2D eigenvalue weighted by Gasteiger charge is 2.14. The largest absolute Gasteiger partial charge is 0.394 e. The highest BCUT2D eigenvalue weighted by atomic mass is 16.3. The average molecular weight is 190 g/mol. The van der Waals surface area contributed by atoms with Crippen LogP contribution in [0.25, 0.3) is 0 Å². The van der Waals surface area contributed by atoms with Gasteiger partial charge in [-0.25, -0.2) is 0 Å².